The minimum absolute atomic E-state index is 1.39. The van der Waals surface area contributed by atoms with Gasteiger partial charge in [0, 0.05) is 0 Å². The first kappa shape index (κ1) is 7.07. The number of hydrogen-bond acceptors (Lipinski definition) is 3. The quantitative estimate of drug-likeness (QED) is 0.485. The van der Waals surface area contributed by atoms with Gasteiger partial charge >= 0.3 is 0 Å². The Morgan fingerprint density at radius 3 is 2.12 bits per heavy atom. The highest BCUT2D eigenvalue weighted by Crippen LogP contribution is 1.56. The zero-order chi connectivity index (χ0) is 6.41. The number of aryl methyl sites for hydroxylation is 1. The molecule has 0 radical (unpaired) electrons. The smallest absolute Gasteiger partial charge is 0.162 e. The summed E-state index contributed by atoms with van der Waals surface area (Å²) in [5.74, 6) is 0. The largest absolute Gasteiger partial charge is 0.168 e. The molecule has 0 fully saturated rings. The molecule has 0 saturated carbocycles. The highest BCUT2D eigenvalue weighted by molar-refractivity contribution is 4.30. The van der Waals surface area contributed by atoms with Gasteiger partial charge in [-0.3, -0.25) is 0 Å². The fourth-order valence-corrected chi connectivity index (χ4v) is 0.219. The molecule has 0 amide bonds. The Morgan fingerprint density at radius 2 is 2.00 bits per heavy atom. The maximum absolute atomic E-state index is 3.61. The van der Waals surface area contributed by atoms with Gasteiger partial charge in [-0.05, 0) is 5.21 Å². The molecule has 1 heterocycles. The van der Waals surface area contributed by atoms with Crippen LogP contribution in [0.15, 0.2) is 6.33 Å². The van der Waals surface area contributed by atoms with Crippen molar-refractivity contribution in [2.45, 2.75) is 13.8 Å². The van der Waals surface area contributed by atoms with E-state index in [0.29, 0.717) is 0 Å². The molecule has 1 aromatic heterocycles. The molecule has 0 unspecified atom stereocenters. The lowest BCUT2D eigenvalue weighted by molar-refractivity contribution is 0.630. The van der Waals surface area contributed by atoms with Crippen LogP contribution in [0.4, 0.5) is 0 Å². The van der Waals surface area contributed by atoms with Crippen LogP contribution in [0.2, 0.25) is 0 Å². The second-order valence-electron chi connectivity index (χ2n) is 0.925. The first-order valence-corrected chi connectivity index (χ1v) is 2.56. The van der Waals surface area contributed by atoms with Crippen LogP contribution in [0, 0.1) is 0 Å². The predicted molar refractivity (Wildman–Crippen MR) is 30.1 cm³/mol. The van der Waals surface area contributed by atoms with E-state index in [4.69, 9.17) is 0 Å². The summed E-state index contributed by atoms with van der Waals surface area (Å²) in [6, 6.07) is 0. The van der Waals surface area contributed by atoms with Crippen molar-refractivity contribution in [2.75, 3.05) is 0 Å². The first-order chi connectivity index (χ1) is 3.89. The van der Waals surface area contributed by atoms with E-state index in [-0.39, 0.29) is 0 Å². The lowest BCUT2D eigenvalue weighted by Gasteiger charge is -1.71. The number of tetrazole rings is 1. The van der Waals surface area contributed by atoms with E-state index in [0.717, 1.165) is 0 Å². The lowest BCUT2D eigenvalue weighted by atomic mass is 11.0. The molecule has 4 heteroatoms. The van der Waals surface area contributed by atoms with E-state index < -0.39 is 0 Å². The van der Waals surface area contributed by atoms with Gasteiger partial charge in [-0.25, -0.2) is 0 Å². The highest BCUT2D eigenvalue weighted by atomic mass is 15.6. The van der Waals surface area contributed by atoms with Crippen molar-refractivity contribution >= 4 is 0 Å². The second-order valence-corrected chi connectivity index (χ2v) is 0.925. The van der Waals surface area contributed by atoms with Gasteiger partial charge in [-0.2, -0.15) is 4.80 Å². The van der Waals surface area contributed by atoms with Gasteiger partial charge in [0.2, 0.25) is 0 Å². The Morgan fingerprint density at radius 1 is 1.38 bits per heavy atom. The molecule has 0 aliphatic heterocycles. The maximum atomic E-state index is 3.61. The number of aromatic nitrogens is 4. The lowest BCUT2D eigenvalue weighted by Crippen LogP contribution is -1.90. The molecular weight excluding hydrogens is 104 g/mol. The van der Waals surface area contributed by atoms with Crippen molar-refractivity contribution in [3.63, 3.8) is 0 Å². The number of nitrogens with zero attached hydrogens (tertiary/aromatic N) is 4. The Bertz CT molecular complexity index is 112. The zero-order valence-corrected chi connectivity index (χ0v) is 5.37. The summed E-state index contributed by atoms with van der Waals surface area (Å²) in [7, 11) is 1.72. The van der Waals surface area contributed by atoms with Gasteiger partial charge in [0.25, 0.3) is 0 Å². The SMILES string of the molecule is CC.Cn1ncnn1. The average molecular weight is 114 g/mol. The third-order valence-corrected chi connectivity index (χ3v) is 0.451. The van der Waals surface area contributed by atoms with Crippen LogP contribution in [0.3, 0.4) is 0 Å². The van der Waals surface area contributed by atoms with Gasteiger partial charge < -0.3 is 0 Å². The summed E-state index contributed by atoms with van der Waals surface area (Å²) < 4.78 is 0. The molecule has 0 atom stereocenters. The molecule has 0 aromatic carbocycles. The molecule has 46 valence electrons. The Kier molecular flexibility index (Phi) is 3.74. The van der Waals surface area contributed by atoms with Gasteiger partial charge in [-0.15, -0.1) is 10.2 Å². The predicted octanol–water partition coefficient (Wildman–Crippen LogP) is 0.236. The molecule has 8 heavy (non-hydrogen) atoms. The maximum Gasteiger partial charge on any atom is 0.162 e. The van der Waals surface area contributed by atoms with Crippen LogP contribution in [0.1, 0.15) is 13.8 Å². The molecule has 4 nitrogen and oxygen atoms in total. The van der Waals surface area contributed by atoms with Crippen molar-refractivity contribution in [2.24, 2.45) is 7.05 Å². The molecule has 0 spiro atoms. The van der Waals surface area contributed by atoms with E-state index in [1.807, 2.05) is 13.8 Å². The van der Waals surface area contributed by atoms with Crippen molar-refractivity contribution in [3.05, 3.63) is 6.33 Å². The van der Waals surface area contributed by atoms with Gasteiger partial charge in [0.15, 0.2) is 6.33 Å². The van der Waals surface area contributed by atoms with Crippen LogP contribution in [-0.2, 0) is 7.05 Å². The molecule has 1 aromatic rings. The van der Waals surface area contributed by atoms with Crippen molar-refractivity contribution in [3.8, 4) is 0 Å². The fourth-order valence-electron chi connectivity index (χ4n) is 0.219. The van der Waals surface area contributed by atoms with E-state index in [1.165, 1.54) is 11.1 Å². The molecule has 0 aliphatic rings. The van der Waals surface area contributed by atoms with Crippen molar-refractivity contribution < 1.29 is 0 Å². The third-order valence-electron chi connectivity index (χ3n) is 0.451. The van der Waals surface area contributed by atoms with Gasteiger partial charge in [0.05, 0.1) is 7.05 Å². The summed E-state index contributed by atoms with van der Waals surface area (Å²) in [6.45, 7) is 4.00. The molecule has 0 saturated heterocycles. The normalized spacial score (nSPS) is 7.38. The summed E-state index contributed by atoms with van der Waals surface area (Å²) in [5, 5.41) is 10.5. The standard InChI is InChI=1S/C2H4N4.C2H6/c1-6-4-2-3-5-6;1-2/h2H,1H3;1-2H3. The van der Waals surface area contributed by atoms with E-state index >= 15 is 0 Å². The monoisotopic (exact) mass is 114 g/mol. The fraction of sp³-hybridized carbons (Fsp3) is 0.750. The van der Waals surface area contributed by atoms with E-state index in [1.54, 1.807) is 7.05 Å². The van der Waals surface area contributed by atoms with Crippen LogP contribution in [-0.4, -0.2) is 20.2 Å². The molecule has 0 bridgehead atoms. The van der Waals surface area contributed by atoms with Crippen LogP contribution in [0.5, 0.6) is 0 Å². The Balaban J connectivity index is 0.000000222. The highest BCUT2D eigenvalue weighted by Gasteiger charge is 1.72. The second kappa shape index (κ2) is 4.23. The Hall–Kier alpha value is -0.930. The van der Waals surface area contributed by atoms with Gasteiger partial charge in [0.1, 0.15) is 0 Å². The van der Waals surface area contributed by atoms with Gasteiger partial charge in [-0.1, -0.05) is 13.8 Å². The van der Waals surface area contributed by atoms with Crippen LogP contribution < -0.4 is 0 Å². The number of hydrogen-bond donors (Lipinski definition) is 0. The van der Waals surface area contributed by atoms with Crippen molar-refractivity contribution in [1.82, 2.24) is 20.2 Å². The van der Waals surface area contributed by atoms with Crippen molar-refractivity contribution in [1.29, 1.82) is 0 Å². The summed E-state index contributed by atoms with van der Waals surface area (Å²) in [6.07, 6.45) is 1.39. The molecule has 0 aliphatic carbocycles. The third kappa shape index (κ3) is 2.28. The van der Waals surface area contributed by atoms with Crippen LogP contribution in [0.25, 0.3) is 0 Å². The molecule has 1 rings (SSSR count). The summed E-state index contributed by atoms with van der Waals surface area (Å²) in [5.41, 5.74) is 0. The van der Waals surface area contributed by atoms with Crippen LogP contribution >= 0.6 is 0 Å². The van der Waals surface area contributed by atoms with E-state index in [9.17, 15) is 0 Å². The average Bonchev–Trinajstić information content (AvgIpc) is 2.24. The number of rotatable bonds is 0. The summed E-state index contributed by atoms with van der Waals surface area (Å²) >= 11 is 0. The molecular formula is C4H10N4. The minimum Gasteiger partial charge on any atom is -0.168 e. The summed E-state index contributed by atoms with van der Waals surface area (Å²) in [4.78, 5) is 1.39. The Labute approximate surface area is 48.5 Å². The molecule has 0 N–H and O–H groups in total. The topological polar surface area (TPSA) is 43.6 Å². The minimum atomic E-state index is 1.39. The van der Waals surface area contributed by atoms with E-state index in [2.05, 4.69) is 15.4 Å². The zero-order valence-electron chi connectivity index (χ0n) is 5.37. The first-order valence-electron chi connectivity index (χ1n) is 2.56.